The third-order valence-electron chi connectivity index (χ3n) is 11.4. The van der Waals surface area contributed by atoms with Gasteiger partial charge in [0.1, 0.15) is 0 Å². The van der Waals surface area contributed by atoms with E-state index < -0.39 is 0 Å². The van der Waals surface area contributed by atoms with Crippen LogP contribution in [0.3, 0.4) is 0 Å². The third kappa shape index (κ3) is 8.93. The molecule has 2 fully saturated rings. The first kappa shape index (κ1) is 37.9. The van der Waals surface area contributed by atoms with E-state index in [-0.39, 0.29) is 66.3 Å². The lowest BCUT2D eigenvalue weighted by atomic mass is 9.56. The minimum absolute atomic E-state index is 0.0283. The molecule has 2 saturated carbocycles. The fourth-order valence-corrected chi connectivity index (χ4v) is 9.37. The van der Waals surface area contributed by atoms with Crippen molar-refractivity contribution in [1.82, 2.24) is 5.32 Å². The molecular formula is C41H60N4O5. The van der Waals surface area contributed by atoms with Crippen LogP contribution in [0.25, 0.3) is 0 Å². The summed E-state index contributed by atoms with van der Waals surface area (Å²) in [6, 6.07) is 1.74. The van der Waals surface area contributed by atoms with Gasteiger partial charge in [0, 0.05) is 43.5 Å². The van der Waals surface area contributed by atoms with Crippen LogP contribution in [0.1, 0.15) is 107 Å². The highest BCUT2D eigenvalue weighted by Gasteiger charge is 2.48. The van der Waals surface area contributed by atoms with E-state index in [2.05, 4.69) is 35.1 Å². The summed E-state index contributed by atoms with van der Waals surface area (Å²) < 4.78 is 12.6. The molecule has 1 aromatic rings. The van der Waals surface area contributed by atoms with E-state index in [9.17, 15) is 15.0 Å². The van der Waals surface area contributed by atoms with Crippen molar-refractivity contribution in [2.24, 2.45) is 46.0 Å². The van der Waals surface area contributed by atoms with Crippen LogP contribution >= 0.6 is 0 Å². The number of rotatable bonds is 14. The number of aryl methyl sites for hydroxylation is 1. The van der Waals surface area contributed by atoms with Crippen LogP contribution in [0.15, 0.2) is 34.4 Å². The summed E-state index contributed by atoms with van der Waals surface area (Å²) in [7, 11) is 3.77. The van der Waals surface area contributed by atoms with Gasteiger partial charge in [0.2, 0.25) is 0 Å². The number of nitrogens with two attached hydrogens (primary N) is 2. The number of aliphatic hydroxyl groups excluding tert-OH is 1. The number of fused-ring (bicyclic) bond motifs is 6. The van der Waals surface area contributed by atoms with Crippen LogP contribution in [-0.4, -0.2) is 68.0 Å². The number of hydrogen-bond acceptors (Lipinski definition) is 7. The number of phenols is 1. The summed E-state index contributed by atoms with van der Waals surface area (Å²) in [5.74, 6) is 8.73. The number of aromatic hydroxyl groups is 1. The van der Waals surface area contributed by atoms with Crippen LogP contribution in [0, 0.1) is 41.4 Å². The van der Waals surface area contributed by atoms with Crippen LogP contribution in [0.4, 0.5) is 0 Å². The zero-order valence-corrected chi connectivity index (χ0v) is 30.7. The first-order valence-corrected chi connectivity index (χ1v) is 19.0. The maximum Gasteiger partial charge on any atom is 0.186 e. The Morgan fingerprint density at radius 3 is 2.64 bits per heavy atom. The van der Waals surface area contributed by atoms with E-state index in [0.29, 0.717) is 43.5 Å². The highest BCUT2D eigenvalue weighted by molar-refractivity contribution is 5.90. The summed E-state index contributed by atoms with van der Waals surface area (Å²) >= 11 is 0. The van der Waals surface area contributed by atoms with Crippen molar-refractivity contribution < 1.29 is 24.5 Å². The molecule has 4 aliphatic carbocycles. The summed E-state index contributed by atoms with van der Waals surface area (Å²) in [5, 5.41) is 25.7. The molecule has 274 valence electrons. The fourth-order valence-electron chi connectivity index (χ4n) is 9.37. The molecule has 7 atom stereocenters. The number of nitrogens with zero attached hydrogens (tertiary/aromatic N) is 1. The molecule has 9 heteroatoms. The normalized spacial score (nSPS) is 28.1. The lowest BCUT2D eigenvalue weighted by Gasteiger charge is -2.49. The number of ether oxygens (including phenoxy) is 2. The number of hydrogen-bond donors (Lipinski definition) is 5. The predicted molar refractivity (Wildman–Crippen MR) is 199 cm³/mol. The number of methoxy groups -OCH3 is 1. The van der Waals surface area contributed by atoms with E-state index in [1.165, 1.54) is 5.57 Å². The van der Waals surface area contributed by atoms with Gasteiger partial charge < -0.3 is 36.5 Å². The average Bonchev–Trinajstić information content (AvgIpc) is 3.59. The van der Waals surface area contributed by atoms with Gasteiger partial charge in [-0.3, -0.25) is 4.79 Å². The Morgan fingerprint density at radius 2 is 1.96 bits per heavy atom. The number of aliphatic hydroxyl groups is 1. The van der Waals surface area contributed by atoms with Gasteiger partial charge >= 0.3 is 0 Å². The molecular weight excluding hydrogens is 628 g/mol. The van der Waals surface area contributed by atoms with Crippen molar-refractivity contribution in [2.45, 2.75) is 109 Å². The topological polar surface area (TPSA) is 152 Å². The van der Waals surface area contributed by atoms with Crippen molar-refractivity contribution in [3.63, 3.8) is 0 Å². The van der Waals surface area contributed by atoms with Gasteiger partial charge in [0.25, 0.3) is 0 Å². The molecule has 0 aromatic heterocycles. The Morgan fingerprint density at radius 1 is 1.18 bits per heavy atom. The monoisotopic (exact) mass is 688 g/mol. The number of benzene rings is 1. The highest BCUT2D eigenvalue weighted by atomic mass is 16.5. The average molecular weight is 689 g/mol. The number of carbonyl (C=O) groups is 1. The number of carbonyl (C=O) groups excluding carboxylic acids is 1. The molecule has 5 rings (SSSR count). The van der Waals surface area contributed by atoms with Crippen molar-refractivity contribution in [3.05, 3.63) is 46.1 Å². The van der Waals surface area contributed by atoms with E-state index in [0.717, 1.165) is 80.2 Å². The molecule has 9 nitrogen and oxygen atoms in total. The second-order valence-electron chi connectivity index (χ2n) is 15.2. The van der Waals surface area contributed by atoms with Crippen molar-refractivity contribution in [2.75, 3.05) is 33.9 Å². The van der Waals surface area contributed by atoms with Gasteiger partial charge in [0.05, 0.1) is 25.4 Å². The van der Waals surface area contributed by atoms with Crippen LogP contribution in [0.2, 0.25) is 0 Å². The van der Waals surface area contributed by atoms with Gasteiger partial charge in [-0.15, -0.1) is 0 Å². The van der Waals surface area contributed by atoms with E-state index in [4.69, 9.17) is 20.9 Å². The first-order valence-electron chi connectivity index (χ1n) is 19.0. The lowest BCUT2D eigenvalue weighted by molar-refractivity contribution is -0.114. The van der Waals surface area contributed by atoms with Crippen LogP contribution < -0.4 is 21.5 Å². The molecule has 0 heterocycles. The summed E-state index contributed by atoms with van der Waals surface area (Å²) in [6.45, 7) is 5.65. The first-order chi connectivity index (χ1) is 24.2. The minimum atomic E-state index is -0.193. The number of aliphatic imine (C=N–C) groups is 1. The molecule has 0 saturated heterocycles. The molecule has 7 unspecified atom stereocenters. The number of guanidine groups is 1. The second-order valence-corrected chi connectivity index (χ2v) is 15.2. The largest absolute Gasteiger partial charge is 0.504 e. The standard InChI is InChI=1S/C41H60N4O5/c1-5-9-26(23-46)18-31(47)15-14-27-21-37(50-32-11-6-7-12-32)40(48)39-33(27)13-8-10-30(45-41(42)43)19-28-20-34-29(22-44-3)16-25(2)17-35(34)38(39)36(28)24-49-4/h18,20-21,25,28-30,32,35-36,38,44,46,48H,5-7,9-12,14-17,19,22-24H2,1-4H3,(H4,42,43,45). The molecule has 1 aromatic carbocycles. The van der Waals surface area contributed by atoms with E-state index >= 15 is 0 Å². The minimum Gasteiger partial charge on any atom is -0.504 e. The smallest absolute Gasteiger partial charge is 0.186 e. The maximum absolute atomic E-state index is 13.3. The van der Waals surface area contributed by atoms with E-state index in [1.54, 1.807) is 13.2 Å². The Bertz CT molecular complexity index is 1500. The molecule has 0 aliphatic heterocycles. The highest BCUT2D eigenvalue weighted by Crippen LogP contribution is 2.57. The summed E-state index contributed by atoms with van der Waals surface area (Å²) in [5.41, 5.74) is 16.6. The molecule has 50 heavy (non-hydrogen) atoms. The zero-order chi connectivity index (χ0) is 35.8. The molecule has 0 spiro atoms. The van der Waals surface area contributed by atoms with Gasteiger partial charge in [-0.05, 0) is 118 Å². The Kier molecular flexibility index (Phi) is 13.5. The second kappa shape index (κ2) is 17.7. The molecule has 2 bridgehead atoms. The number of nitrogens with one attached hydrogen (secondary N) is 1. The summed E-state index contributed by atoms with van der Waals surface area (Å²) in [6.07, 6.45) is 13.8. The predicted octanol–water partition coefficient (Wildman–Crippen LogP) is 5.51. The van der Waals surface area contributed by atoms with E-state index in [1.807, 2.05) is 20.0 Å². The van der Waals surface area contributed by atoms with Gasteiger partial charge in [0.15, 0.2) is 23.2 Å². The number of phenolic OH excluding ortho intramolecular Hbond substituents is 1. The van der Waals surface area contributed by atoms with Gasteiger partial charge in [-0.2, -0.15) is 0 Å². The summed E-state index contributed by atoms with van der Waals surface area (Å²) in [4.78, 5) is 17.9. The van der Waals surface area contributed by atoms with Gasteiger partial charge in [-0.25, -0.2) is 4.99 Å². The molecule has 0 amide bonds. The SMILES string of the molecule is CCCC(=CC(=O)CCc1cc(OC2CCCC2)c(O)c2c1C#CCC(N=C(N)N)CC1C=C3C(CNC)CC(C)CC3C2C1COC)CO. The Labute approximate surface area is 299 Å². The van der Waals surface area contributed by atoms with Crippen molar-refractivity contribution >= 4 is 11.7 Å². The number of ketones is 1. The van der Waals surface area contributed by atoms with Crippen molar-refractivity contribution in [3.8, 4) is 23.3 Å². The zero-order valence-electron chi connectivity index (χ0n) is 30.7. The Balaban J connectivity index is 1.73. The Hall–Kier alpha value is -3.32. The quantitative estimate of drug-likeness (QED) is 0.0565. The fraction of sp³-hybridized carbons (Fsp3) is 0.659. The van der Waals surface area contributed by atoms with Crippen LogP contribution in [0.5, 0.6) is 11.5 Å². The molecule has 7 N–H and O–H groups in total. The molecule has 4 aliphatic rings. The van der Waals surface area contributed by atoms with Crippen molar-refractivity contribution in [1.29, 1.82) is 0 Å². The third-order valence-corrected chi connectivity index (χ3v) is 11.4. The van der Waals surface area contributed by atoms with Crippen LogP contribution in [-0.2, 0) is 16.0 Å². The lowest BCUT2D eigenvalue weighted by Crippen LogP contribution is -2.43. The number of allylic oxidation sites excluding steroid dienone is 2. The van der Waals surface area contributed by atoms with Gasteiger partial charge in [-0.1, -0.05) is 43.8 Å². The maximum atomic E-state index is 13.3. The molecule has 0 radical (unpaired) electrons.